The van der Waals surface area contributed by atoms with E-state index in [0.29, 0.717) is 10.7 Å². The van der Waals surface area contributed by atoms with E-state index in [1.54, 1.807) is 12.1 Å². The molecule has 3 rings (SSSR count). The largest absolute Gasteiger partial charge is 0.299 e. The molecule has 20 heavy (non-hydrogen) atoms. The fourth-order valence-electron chi connectivity index (χ4n) is 1.89. The van der Waals surface area contributed by atoms with Crippen molar-refractivity contribution in [2.75, 3.05) is 0 Å². The molecule has 104 valence electrons. The van der Waals surface area contributed by atoms with Gasteiger partial charge in [-0.25, -0.2) is 17.9 Å². The Bertz CT molecular complexity index is 914. The van der Waals surface area contributed by atoms with Crippen molar-refractivity contribution in [3.05, 3.63) is 30.1 Å². The maximum atomic E-state index is 13.2. The third-order valence-electron chi connectivity index (χ3n) is 2.79. The molecule has 2 heterocycles. The van der Waals surface area contributed by atoms with Gasteiger partial charge in [0.05, 0.1) is 4.88 Å². The number of rotatable bonds is 2. The summed E-state index contributed by atoms with van der Waals surface area (Å²) in [5.74, 6) is 0.0460. The molecule has 2 N–H and O–H groups in total. The Kier molecular flexibility index (Phi) is 2.85. The van der Waals surface area contributed by atoms with Crippen LogP contribution in [0.2, 0.25) is 0 Å². The lowest BCUT2D eigenvalue weighted by Gasteiger charge is -1.99. The van der Waals surface area contributed by atoms with Crippen LogP contribution in [0.5, 0.6) is 0 Å². The summed E-state index contributed by atoms with van der Waals surface area (Å²) in [6.07, 6.45) is 0. The van der Waals surface area contributed by atoms with E-state index in [-0.39, 0.29) is 11.0 Å². The molecule has 0 radical (unpaired) electrons. The first-order valence-corrected chi connectivity index (χ1v) is 7.84. The molecule has 6 nitrogen and oxygen atoms in total. The minimum Gasteiger partial charge on any atom is -0.299 e. The van der Waals surface area contributed by atoms with Gasteiger partial charge in [0.25, 0.3) is 15.2 Å². The Balaban J connectivity index is 2.19. The number of aromatic nitrogens is 3. The third kappa shape index (κ3) is 2.09. The summed E-state index contributed by atoms with van der Waals surface area (Å²) >= 11 is 1.30. The van der Waals surface area contributed by atoms with Gasteiger partial charge in [-0.2, -0.15) is 0 Å². The van der Waals surface area contributed by atoms with E-state index >= 15 is 0 Å². The Hall–Kier alpha value is -1.84. The van der Waals surface area contributed by atoms with Crippen LogP contribution < -0.4 is 5.14 Å². The van der Waals surface area contributed by atoms with Crippen LogP contribution >= 0.6 is 11.3 Å². The summed E-state index contributed by atoms with van der Waals surface area (Å²) in [6.45, 7) is 0. The second kappa shape index (κ2) is 4.33. The van der Waals surface area contributed by atoms with E-state index in [9.17, 15) is 12.8 Å². The van der Waals surface area contributed by atoms with Crippen molar-refractivity contribution >= 4 is 31.4 Å². The molecule has 2 aromatic heterocycles. The molecular weight excluding hydrogens is 303 g/mol. The van der Waals surface area contributed by atoms with Crippen molar-refractivity contribution in [1.29, 1.82) is 0 Å². The van der Waals surface area contributed by atoms with E-state index in [1.807, 2.05) is 0 Å². The molecule has 1 aromatic carbocycles. The van der Waals surface area contributed by atoms with Crippen LogP contribution in [0.3, 0.4) is 0 Å². The molecule has 0 aliphatic rings. The van der Waals surface area contributed by atoms with Gasteiger partial charge in [0.15, 0.2) is 5.82 Å². The summed E-state index contributed by atoms with van der Waals surface area (Å²) < 4.78 is 37.9. The smallest absolute Gasteiger partial charge is 0.273 e. The lowest BCUT2D eigenvalue weighted by Crippen LogP contribution is -2.17. The molecule has 0 bridgehead atoms. The summed E-state index contributed by atoms with van der Waals surface area (Å²) in [7, 11) is -2.41. The number of nitrogens with two attached hydrogens (primary N) is 1. The number of thiophene rings is 1. The second-order valence-electron chi connectivity index (χ2n) is 4.20. The predicted octanol–water partition coefficient (Wildman–Crippen LogP) is 1.48. The van der Waals surface area contributed by atoms with E-state index in [1.165, 1.54) is 35.1 Å². The van der Waals surface area contributed by atoms with Gasteiger partial charge in [0, 0.05) is 11.7 Å². The molecule has 0 atom stereocenters. The molecule has 0 aliphatic carbocycles. The van der Waals surface area contributed by atoms with Crippen molar-refractivity contribution in [3.63, 3.8) is 0 Å². The average Bonchev–Trinajstić information content (AvgIpc) is 2.90. The first-order valence-electron chi connectivity index (χ1n) is 5.48. The monoisotopic (exact) mass is 312 g/mol. The summed E-state index contributed by atoms with van der Waals surface area (Å²) in [6, 6.07) is 6.24. The van der Waals surface area contributed by atoms with Crippen LogP contribution in [-0.2, 0) is 17.1 Å². The summed E-state index contributed by atoms with van der Waals surface area (Å²) in [5.41, 5.74) is 0. The second-order valence-corrected chi connectivity index (χ2v) is 6.74. The number of halogens is 1. The molecule has 3 aromatic rings. The van der Waals surface area contributed by atoms with Crippen molar-refractivity contribution in [1.82, 2.24) is 14.8 Å². The zero-order chi connectivity index (χ0) is 14.5. The van der Waals surface area contributed by atoms with Gasteiger partial charge in [0.1, 0.15) is 5.82 Å². The highest BCUT2D eigenvalue weighted by Gasteiger charge is 2.20. The van der Waals surface area contributed by atoms with Gasteiger partial charge in [-0.1, -0.05) is 6.07 Å². The molecule has 0 amide bonds. The zero-order valence-corrected chi connectivity index (χ0v) is 11.9. The normalized spacial score (nSPS) is 12.2. The first-order chi connectivity index (χ1) is 9.36. The van der Waals surface area contributed by atoms with Crippen LogP contribution in [0.4, 0.5) is 4.39 Å². The van der Waals surface area contributed by atoms with Gasteiger partial charge in [0.2, 0.25) is 0 Å². The molecule has 9 heteroatoms. The lowest BCUT2D eigenvalue weighted by molar-refractivity contribution is 0.580. The maximum Gasteiger partial charge on any atom is 0.273 e. The van der Waals surface area contributed by atoms with Gasteiger partial charge >= 0.3 is 0 Å². The number of fused-ring (bicyclic) bond motifs is 1. The fourth-order valence-corrected chi connectivity index (χ4v) is 3.62. The van der Waals surface area contributed by atoms with Crippen LogP contribution in [0.15, 0.2) is 29.4 Å². The Morgan fingerprint density at radius 3 is 2.70 bits per heavy atom. The Morgan fingerprint density at radius 1 is 1.30 bits per heavy atom. The number of nitrogens with zero attached hydrogens (tertiary/aromatic N) is 3. The summed E-state index contributed by atoms with van der Waals surface area (Å²) in [5, 5.41) is 13.0. The van der Waals surface area contributed by atoms with Crippen LogP contribution in [0.25, 0.3) is 20.8 Å². The average molecular weight is 312 g/mol. The molecule has 0 spiro atoms. The van der Waals surface area contributed by atoms with Crippen molar-refractivity contribution in [2.24, 2.45) is 12.2 Å². The number of hydrogen-bond donors (Lipinski definition) is 1. The molecular formula is C11H9FN4O2S2. The van der Waals surface area contributed by atoms with Crippen molar-refractivity contribution in [3.8, 4) is 10.7 Å². The molecule has 0 saturated heterocycles. The number of primary sulfonamides is 1. The zero-order valence-electron chi connectivity index (χ0n) is 10.2. The molecule has 0 saturated carbocycles. The van der Waals surface area contributed by atoms with Gasteiger partial charge < -0.3 is 0 Å². The lowest BCUT2D eigenvalue weighted by atomic mass is 10.2. The van der Waals surface area contributed by atoms with Gasteiger partial charge in [-0.05, 0) is 23.6 Å². The number of sulfonamides is 1. The highest BCUT2D eigenvalue weighted by Crippen LogP contribution is 2.33. The van der Waals surface area contributed by atoms with Crippen molar-refractivity contribution < 1.29 is 12.8 Å². The predicted molar refractivity (Wildman–Crippen MR) is 73.2 cm³/mol. The van der Waals surface area contributed by atoms with Crippen LogP contribution in [0.1, 0.15) is 0 Å². The minimum atomic E-state index is -3.92. The van der Waals surface area contributed by atoms with Gasteiger partial charge in [-0.15, -0.1) is 21.5 Å². The number of hydrogen-bond acceptors (Lipinski definition) is 5. The first kappa shape index (κ1) is 13.2. The van der Waals surface area contributed by atoms with Crippen LogP contribution in [-0.4, -0.2) is 23.2 Å². The third-order valence-corrected chi connectivity index (χ3v) is 4.75. The Morgan fingerprint density at radius 2 is 2.05 bits per heavy atom. The molecule has 0 fully saturated rings. The fraction of sp³-hybridized carbons (Fsp3) is 0.0909. The Labute approximate surface area is 117 Å². The van der Waals surface area contributed by atoms with E-state index in [2.05, 4.69) is 10.2 Å². The standard InChI is InChI=1S/C11H9FN4O2S2/c1-16-10(14-15-11(16)20(13,17)18)9-4-6-2-3-7(12)5-8(6)19-9/h2-5H,1H3,(H2,13,17,18). The highest BCUT2D eigenvalue weighted by atomic mass is 32.2. The number of benzene rings is 1. The minimum absolute atomic E-state index is 0.309. The van der Waals surface area contributed by atoms with Crippen LogP contribution in [0, 0.1) is 5.82 Å². The topological polar surface area (TPSA) is 90.9 Å². The molecule has 0 aliphatic heterocycles. The SMILES string of the molecule is Cn1c(-c2cc3ccc(F)cc3s2)nnc1S(N)(=O)=O. The van der Waals surface area contributed by atoms with Crippen molar-refractivity contribution in [2.45, 2.75) is 5.16 Å². The van der Waals surface area contributed by atoms with E-state index < -0.39 is 10.0 Å². The van der Waals surface area contributed by atoms with Gasteiger partial charge in [-0.3, -0.25) is 4.57 Å². The maximum absolute atomic E-state index is 13.2. The quantitative estimate of drug-likeness (QED) is 0.776. The highest BCUT2D eigenvalue weighted by molar-refractivity contribution is 7.89. The summed E-state index contributed by atoms with van der Waals surface area (Å²) in [4.78, 5) is 0.690. The molecule has 0 unspecified atom stereocenters. The van der Waals surface area contributed by atoms with E-state index in [4.69, 9.17) is 5.14 Å². The van der Waals surface area contributed by atoms with E-state index in [0.717, 1.165) is 10.1 Å².